The van der Waals surface area contributed by atoms with Crippen LogP contribution in [-0.2, 0) is 22.6 Å². The van der Waals surface area contributed by atoms with Crippen LogP contribution in [0, 0.1) is 5.92 Å². The number of rotatable bonds is 7. The van der Waals surface area contributed by atoms with Crippen molar-refractivity contribution in [1.29, 1.82) is 0 Å². The Labute approximate surface area is 198 Å². The highest BCUT2D eigenvalue weighted by atomic mass is 19.4. The largest absolute Gasteiger partial charge is 0.490 e. The molecule has 4 rings (SSSR count). The fourth-order valence-electron chi connectivity index (χ4n) is 4.49. The average molecular weight is 483 g/mol. The number of carboxylic acids is 1. The van der Waals surface area contributed by atoms with Crippen molar-refractivity contribution in [2.24, 2.45) is 5.92 Å². The number of nitrogens with zero attached hydrogens (tertiary/aromatic N) is 2. The van der Waals surface area contributed by atoms with Crippen molar-refractivity contribution in [3.63, 3.8) is 0 Å². The summed E-state index contributed by atoms with van der Waals surface area (Å²) in [6.07, 6.45) is 5.74. The van der Waals surface area contributed by atoms with E-state index >= 15 is 0 Å². The molecule has 1 aliphatic carbocycles. The van der Waals surface area contributed by atoms with Gasteiger partial charge in [-0.05, 0) is 37.2 Å². The minimum atomic E-state index is -5.08. The highest BCUT2D eigenvalue weighted by Gasteiger charge is 2.38. The van der Waals surface area contributed by atoms with Crippen molar-refractivity contribution < 1.29 is 32.2 Å². The Hall–Kier alpha value is -2.39. The van der Waals surface area contributed by atoms with Crippen LogP contribution in [0.4, 0.5) is 13.2 Å². The third kappa shape index (κ3) is 8.76. The summed E-state index contributed by atoms with van der Waals surface area (Å²) in [6.45, 7) is 4.61. The molecule has 0 atom stereocenters. The lowest BCUT2D eigenvalue weighted by molar-refractivity contribution is -0.192. The first kappa shape index (κ1) is 26.2. The zero-order valence-corrected chi connectivity index (χ0v) is 19.3. The van der Waals surface area contributed by atoms with Crippen molar-refractivity contribution in [3.8, 4) is 0 Å². The number of aromatic nitrogens is 1. The van der Waals surface area contributed by atoms with Gasteiger partial charge in [-0.2, -0.15) is 13.2 Å². The molecule has 188 valence electrons. The van der Waals surface area contributed by atoms with E-state index in [1.807, 2.05) is 6.20 Å². The molecule has 1 saturated heterocycles. The summed E-state index contributed by atoms with van der Waals surface area (Å²) in [5.41, 5.74) is 1.35. The molecule has 1 N–H and O–H groups in total. The second kappa shape index (κ2) is 12.9. The normalized spacial score (nSPS) is 17.9. The fraction of sp³-hybridized carbons (Fsp3) is 0.600. The van der Waals surface area contributed by atoms with E-state index in [0.717, 1.165) is 57.3 Å². The van der Waals surface area contributed by atoms with Crippen molar-refractivity contribution in [2.45, 2.75) is 70.1 Å². The SMILES string of the molecule is O=C(O)C(F)(F)F.c1ccc(CN(Cc2ncc(C3CCCCC3)o2)CC2CCOCC2)cc1. The number of aliphatic carboxylic acids is 1. The third-order valence-corrected chi connectivity index (χ3v) is 6.29. The van der Waals surface area contributed by atoms with Crippen molar-refractivity contribution >= 4 is 5.97 Å². The van der Waals surface area contributed by atoms with Crippen molar-refractivity contribution in [1.82, 2.24) is 9.88 Å². The Bertz CT molecular complexity index is 861. The lowest BCUT2D eigenvalue weighted by atomic mass is 9.88. The van der Waals surface area contributed by atoms with E-state index in [9.17, 15) is 13.2 Å². The Morgan fingerprint density at radius 2 is 1.68 bits per heavy atom. The molecule has 6 nitrogen and oxygen atoms in total. The number of halogens is 3. The molecule has 2 aromatic rings. The standard InChI is InChI=1S/C23H32N2O2.C2HF3O2/c1-3-7-19(8-4-1)16-25(17-20-11-13-26-14-12-20)18-23-24-15-22(27-23)21-9-5-2-6-10-21;3-2(4,5)1(6)7/h1,3-4,7-8,15,20-21H,2,5-6,9-14,16-18H2;(H,6,7). The summed E-state index contributed by atoms with van der Waals surface area (Å²) < 4.78 is 43.5. The maximum Gasteiger partial charge on any atom is 0.490 e. The summed E-state index contributed by atoms with van der Waals surface area (Å²) in [5, 5.41) is 7.12. The molecule has 1 saturated carbocycles. The lowest BCUT2D eigenvalue weighted by Crippen LogP contribution is -2.32. The maximum absolute atomic E-state index is 10.6. The van der Waals surface area contributed by atoms with Gasteiger partial charge in [0.25, 0.3) is 0 Å². The van der Waals surface area contributed by atoms with Crippen LogP contribution >= 0.6 is 0 Å². The molecule has 2 heterocycles. The Balaban J connectivity index is 0.000000406. The topological polar surface area (TPSA) is 75.8 Å². The monoisotopic (exact) mass is 482 g/mol. The highest BCUT2D eigenvalue weighted by molar-refractivity contribution is 5.73. The van der Waals surface area contributed by atoms with Crippen LogP contribution < -0.4 is 0 Å². The van der Waals surface area contributed by atoms with Gasteiger partial charge in [0.1, 0.15) is 5.76 Å². The van der Waals surface area contributed by atoms with Crippen LogP contribution in [0.3, 0.4) is 0 Å². The molecule has 0 amide bonds. The fourth-order valence-corrected chi connectivity index (χ4v) is 4.49. The predicted molar refractivity (Wildman–Crippen MR) is 120 cm³/mol. The number of oxazole rings is 1. The number of carbonyl (C=O) groups is 1. The molecule has 2 aliphatic rings. The van der Waals surface area contributed by atoms with E-state index in [2.05, 4.69) is 40.2 Å². The second-order valence-corrected chi connectivity index (χ2v) is 9.01. The van der Waals surface area contributed by atoms with Gasteiger partial charge in [0.2, 0.25) is 5.89 Å². The van der Waals surface area contributed by atoms with Gasteiger partial charge in [-0.3, -0.25) is 4.90 Å². The smallest absolute Gasteiger partial charge is 0.475 e. The summed E-state index contributed by atoms with van der Waals surface area (Å²) in [7, 11) is 0. The maximum atomic E-state index is 10.6. The van der Waals surface area contributed by atoms with Crippen LogP contribution in [0.2, 0.25) is 0 Å². The Kier molecular flexibility index (Phi) is 9.95. The molecular formula is C25H33F3N2O4. The van der Waals surface area contributed by atoms with E-state index in [0.29, 0.717) is 11.8 Å². The average Bonchev–Trinajstić information content (AvgIpc) is 3.29. The van der Waals surface area contributed by atoms with E-state index in [4.69, 9.17) is 19.1 Å². The first-order chi connectivity index (χ1) is 16.3. The van der Waals surface area contributed by atoms with Crippen molar-refractivity contribution in [2.75, 3.05) is 19.8 Å². The van der Waals surface area contributed by atoms with Gasteiger partial charge in [0, 0.05) is 32.2 Å². The quantitative estimate of drug-likeness (QED) is 0.539. The van der Waals surface area contributed by atoms with Gasteiger partial charge < -0.3 is 14.3 Å². The molecule has 1 aliphatic heterocycles. The lowest BCUT2D eigenvalue weighted by Gasteiger charge is -2.29. The first-order valence-electron chi connectivity index (χ1n) is 11.9. The summed E-state index contributed by atoms with van der Waals surface area (Å²) in [6, 6.07) is 10.7. The van der Waals surface area contributed by atoms with Gasteiger partial charge >= 0.3 is 12.1 Å². The number of ether oxygens (including phenoxy) is 1. The molecule has 0 spiro atoms. The number of alkyl halides is 3. The summed E-state index contributed by atoms with van der Waals surface area (Å²) in [5.74, 6) is 0.509. The van der Waals surface area contributed by atoms with E-state index in [1.54, 1.807) is 0 Å². The predicted octanol–water partition coefficient (Wildman–Crippen LogP) is 5.78. The minimum absolute atomic E-state index is 0.582. The van der Waals surface area contributed by atoms with Crippen LogP contribution in [0.1, 0.15) is 68.1 Å². The van der Waals surface area contributed by atoms with Crippen LogP contribution in [0.5, 0.6) is 0 Å². The summed E-state index contributed by atoms with van der Waals surface area (Å²) >= 11 is 0. The molecule has 9 heteroatoms. The molecule has 0 unspecified atom stereocenters. The van der Waals surface area contributed by atoms with E-state index < -0.39 is 12.1 Å². The number of hydrogen-bond donors (Lipinski definition) is 1. The molecule has 34 heavy (non-hydrogen) atoms. The van der Waals surface area contributed by atoms with Gasteiger partial charge in [0.05, 0.1) is 12.7 Å². The van der Waals surface area contributed by atoms with E-state index in [1.165, 1.54) is 37.7 Å². The number of benzene rings is 1. The number of carboxylic acid groups (broad SMARTS) is 1. The Morgan fingerprint density at radius 3 is 2.29 bits per heavy atom. The molecule has 1 aromatic heterocycles. The van der Waals surface area contributed by atoms with Gasteiger partial charge in [-0.15, -0.1) is 0 Å². The van der Waals surface area contributed by atoms with Crippen LogP contribution in [0.25, 0.3) is 0 Å². The zero-order chi connectivity index (χ0) is 24.4. The van der Waals surface area contributed by atoms with Crippen LogP contribution in [-0.4, -0.2) is 46.9 Å². The van der Waals surface area contributed by atoms with Gasteiger partial charge in [-0.25, -0.2) is 9.78 Å². The van der Waals surface area contributed by atoms with Crippen LogP contribution in [0.15, 0.2) is 40.9 Å². The first-order valence-corrected chi connectivity index (χ1v) is 11.9. The van der Waals surface area contributed by atoms with Crippen molar-refractivity contribution in [3.05, 3.63) is 53.7 Å². The molecule has 2 fully saturated rings. The van der Waals surface area contributed by atoms with Gasteiger partial charge in [-0.1, -0.05) is 49.6 Å². The molecule has 0 radical (unpaired) electrons. The Morgan fingerprint density at radius 1 is 1.03 bits per heavy atom. The minimum Gasteiger partial charge on any atom is -0.475 e. The number of hydrogen-bond acceptors (Lipinski definition) is 5. The molecule has 1 aromatic carbocycles. The third-order valence-electron chi connectivity index (χ3n) is 6.29. The molecular weight excluding hydrogens is 449 g/mol. The van der Waals surface area contributed by atoms with Gasteiger partial charge in [0.15, 0.2) is 0 Å². The molecule has 0 bridgehead atoms. The second-order valence-electron chi connectivity index (χ2n) is 9.01. The zero-order valence-electron chi connectivity index (χ0n) is 19.3. The van der Waals surface area contributed by atoms with E-state index in [-0.39, 0.29) is 0 Å². The summed E-state index contributed by atoms with van der Waals surface area (Å²) in [4.78, 5) is 16.0. The highest BCUT2D eigenvalue weighted by Crippen LogP contribution is 2.33.